The van der Waals surface area contributed by atoms with Gasteiger partial charge in [-0.05, 0) is 50.2 Å². The van der Waals surface area contributed by atoms with Gasteiger partial charge < -0.3 is 20.1 Å². The smallest absolute Gasteiger partial charge is 0.417 e. The Labute approximate surface area is 310 Å². The van der Waals surface area contributed by atoms with Gasteiger partial charge in [-0.1, -0.05) is 0 Å². The van der Waals surface area contributed by atoms with Gasteiger partial charge in [0.15, 0.2) is 11.6 Å². The molecule has 0 unspecified atom stereocenters. The van der Waals surface area contributed by atoms with Crippen LogP contribution < -0.4 is 10.6 Å². The highest BCUT2D eigenvalue weighted by Crippen LogP contribution is 2.35. The molecule has 2 atom stereocenters. The Bertz CT molecular complexity index is 2080. The summed E-state index contributed by atoms with van der Waals surface area (Å²) in [5.74, 6) is -6.80. The van der Waals surface area contributed by atoms with Crippen molar-refractivity contribution in [1.82, 2.24) is 19.6 Å². The molecular weight excluding hydrogens is 768 g/mol. The van der Waals surface area contributed by atoms with Crippen LogP contribution in [0.5, 0.6) is 0 Å². The van der Waals surface area contributed by atoms with Crippen LogP contribution in [-0.2, 0) is 54.1 Å². The number of halogens is 8. The summed E-state index contributed by atoms with van der Waals surface area (Å²) in [7, 11) is 0. The molecule has 294 valence electrons. The van der Waals surface area contributed by atoms with Gasteiger partial charge in [0.2, 0.25) is 11.2 Å². The van der Waals surface area contributed by atoms with E-state index in [1.54, 1.807) is 0 Å². The Morgan fingerprint density at radius 1 is 0.679 bits per heavy atom. The molecule has 0 aliphatic carbocycles. The zero-order valence-corrected chi connectivity index (χ0v) is 28.8. The van der Waals surface area contributed by atoms with E-state index in [1.807, 2.05) is 0 Å². The molecule has 56 heavy (non-hydrogen) atoms. The first kappa shape index (κ1) is 41.9. The van der Waals surface area contributed by atoms with Crippen molar-refractivity contribution in [2.45, 2.75) is 63.3 Å². The van der Waals surface area contributed by atoms with Gasteiger partial charge in [-0.3, -0.25) is 28.5 Å². The highest BCUT2D eigenvalue weighted by Gasteiger charge is 2.42. The molecule has 0 saturated carbocycles. The predicted octanol–water partition coefficient (Wildman–Crippen LogP) is 5.50. The number of rotatable bonds is 13. The summed E-state index contributed by atoms with van der Waals surface area (Å²) < 4.78 is 121. The lowest BCUT2D eigenvalue weighted by Gasteiger charge is -2.29. The van der Waals surface area contributed by atoms with Crippen molar-refractivity contribution >= 4 is 35.1 Å². The van der Waals surface area contributed by atoms with Crippen molar-refractivity contribution in [3.05, 3.63) is 95.1 Å². The first-order chi connectivity index (χ1) is 26.0. The molecule has 0 bridgehead atoms. The number of carbonyl (C=O) groups is 4. The number of nitriles is 2. The lowest BCUT2D eigenvalue weighted by molar-refractivity contribution is -0.171. The molecule has 22 heteroatoms. The van der Waals surface area contributed by atoms with Gasteiger partial charge >= 0.3 is 24.3 Å². The number of esters is 2. The summed E-state index contributed by atoms with van der Waals surface area (Å²) in [6.07, 6.45) is -8.63. The normalized spacial score (nSPS) is 13.6. The SMILES string of the molecule is C[C@@](Cn1cc(F)cn1)(OC(=O)CCC(=O)O[C@@](C)(Cn1cc(F)cn1)C(=O)Nc1ccc(C#N)c(C(F)(F)F)c1)C(=O)Nc1ccc(C#N)c(C(F)(F)F)c1. The number of benzene rings is 2. The van der Waals surface area contributed by atoms with E-state index < -0.39 is 119 Å². The number of hydrogen-bond acceptors (Lipinski definition) is 10. The Hall–Kier alpha value is -6.84. The molecule has 2 N–H and O–H groups in total. The number of nitrogens with one attached hydrogen (secondary N) is 2. The Kier molecular flexibility index (Phi) is 12.2. The third-order valence-electron chi connectivity index (χ3n) is 7.71. The molecular formula is C34H26F8N8O6. The third kappa shape index (κ3) is 10.4. The van der Waals surface area contributed by atoms with Crippen molar-refractivity contribution in [1.29, 1.82) is 10.5 Å². The van der Waals surface area contributed by atoms with Crippen molar-refractivity contribution in [2.75, 3.05) is 10.6 Å². The zero-order valence-electron chi connectivity index (χ0n) is 28.8. The standard InChI is InChI=1S/C34H26F8N8O6/c1-31(17-49-15-21(35)13-45-49,29(53)47-23-5-3-19(11-43)25(9-23)33(37,38)39)55-27(51)7-8-28(52)56-32(2,18-50-16-22(36)14-46-50)30(54)48-24-6-4-20(12-44)26(10-24)34(40,41)42/h3-6,9-10,13-16H,7-8,17-18H2,1-2H3,(H,47,53)(H,48,54)/t31-,32-/m0/s1. The number of amides is 2. The van der Waals surface area contributed by atoms with Crippen molar-refractivity contribution in [3.8, 4) is 12.1 Å². The molecule has 0 saturated heterocycles. The Balaban J connectivity index is 1.52. The molecule has 0 spiro atoms. The number of anilines is 2. The van der Waals surface area contributed by atoms with E-state index in [4.69, 9.17) is 20.0 Å². The van der Waals surface area contributed by atoms with Crippen LogP contribution in [0.15, 0.2) is 61.2 Å². The minimum Gasteiger partial charge on any atom is -0.447 e. The average molecular weight is 795 g/mol. The summed E-state index contributed by atoms with van der Waals surface area (Å²) in [4.78, 5) is 52.9. The van der Waals surface area contributed by atoms with Crippen LogP contribution in [0.4, 0.5) is 46.5 Å². The minimum absolute atomic E-state index is 0.462. The van der Waals surface area contributed by atoms with E-state index in [1.165, 1.54) is 12.1 Å². The first-order valence-corrected chi connectivity index (χ1v) is 15.7. The van der Waals surface area contributed by atoms with Gasteiger partial charge in [-0.15, -0.1) is 0 Å². The van der Waals surface area contributed by atoms with Crippen molar-refractivity contribution in [2.24, 2.45) is 0 Å². The monoisotopic (exact) mass is 794 g/mol. The van der Waals surface area contributed by atoms with E-state index in [9.17, 15) is 54.3 Å². The number of aromatic nitrogens is 4. The fourth-order valence-electron chi connectivity index (χ4n) is 5.01. The summed E-state index contributed by atoms with van der Waals surface area (Å²) in [5, 5.41) is 29.7. The molecule has 0 aliphatic heterocycles. The van der Waals surface area contributed by atoms with E-state index in [0.717, 1.165) is 72.3 Å². The van der Waals surface area contributed by atoms with Crippen LogP contribution in [0.25, 0.3) is 0 Å². The van der Waals surface area contributed by atoms with Crippen molar-refractivity contribution < 1.29 is 63.8 Å². The number of carbonyl (C=O) groups excluding carboxylic acids is 4. The van der Waals surface area contributed by atoms with Crippen LogP contribution in [0.3, 0.4) is 0 Å². The maximum atomic E-state index is 13.7. The molecule has 2 aromatic carbocycles. The molecule has 2 heterocycles. The molecule has 14 nitrogen and oxygen atoms in total. The number of hydrogen-bond donors (Lipinski definition) is 2. The maximum absolute atomic E-state index is 13.7. The highest BCUT2D eigenvalue weighted by molar-refractivity contribution is 5.99. The van der Waals surface area contributed by atoms with Gasteiger partial charge in [-0.2, -0.15) is 47.1 Å². The second kappa shape index (κ2) is 16.3. The molecule has 0 fully saturated rings. The molecule has 4 aromatic rings. The fraction of sp³-hybridized carbons (Fsp3) is 0.294. The number of ether oxygens (including phenoxy) is 2. The lowest BCUT2D eigenvalue weighted by atomic mass is 10.0. The maximum Gasteiger partial charge on any atom is 0.417 e. The largest absolute Gasteiger partial charge is 0.447 e. The second-order valence-electron chi connectivity index (χ2n) is 12.3. The van der Waals surface area contributed by atoms with Crippen LogP contribution in [-0.4, -0.2) is 54.5 Å². The molecule has 2 aromatic heterocycles. The summed E-state index contributed by atoms with van der Waals surface area (Å²) in [6.45, 7) is 0.603. The third-order valence-corrected chi connectivity index (χ3v) is 7.71. The number of alkyl halides is 6. The summed E-state index contributed by atoms with van der Waals surface area (Å²) in [6, 6.07) is 7.20. The first-order valence-electron chi connectivity index (χ1n) is 15.7. The van der Waals surface area contributed by atoms with Gasteiger partial charge in [0, 0.05) is 11.4 Å². The van der Waals surface area contributed by atoms with Gasteiger partial charge in [0.05, 0.1) is 85.1 Å². The quantitative estimate of drug-likeness (QED) is 0.129. The number of nitrogens with zero attached hydrogens (tertiary/aromatic N) is 6. The summed E-state index contributed by atoms with van der Waals surface area (Å²) >= 11 is 0. The minimum atomic E-state index is -4.99. The zero-order chi connectivity index (χ0) is 41.6. The predicted molar refractivity (Wildman–Crippen MR) is 172 cm³/mol. The molecule has 0 radical (unpaired) electrons. The van der Waals surface area contributed by atoms with Crippen LogP contribution in [0.1, 0.15) is 48.9 Å². The Morgan fingerprint density at radius 2 is 1.04 bits per heavy atom. The van der Waals surface area contributed by atoms with E-state index in [2.05, 4.69) is 20.8 Å². The van der Waals surface area contributed by atoms with Crippen LogP contribution in [0, 0.1) is 34.3 Å². The van der Waals surface area contributed by atoms with E-state index in [-0.39, 0.29) is 0 Å². The topological polar surface area (TPSA) is 194 Å². The van der Waals surface area contributed by atoms with Crippen LogP contribution >= 0.6 is 0 Å². The van der Waals surface area contributed by atoms with Gasteiger partial charge in [-0.25, -0.2) is 8.78 Å². The Morgan fingerprint density at radius 3 is 1.32 bits per heavy atom. The highest BCUT2D eigenvalue weighted by atomic mass is 19.4. The molecule has 0 aliphatic rings. The second-order valence-corrected chi connectivity index (χ2v) is 12.3. The van der Waals surface area contributed by atoms with Crippen molar-refractivity contribution in [3.63, 3.8) is 0 Å². The van der Waals surface area contributed by atoms with Crippen LogP contribution in [0.2, 0.25) is 0 Å². The lowest BCUT2D eigenvalue weighted by Crippen LogP contribution is -2.48. The fourth-order valence-corrected chi connectivity index (χ4v) is 5.01. The van der Waals surface area contributed by atoms with Gasteiger partial charge in [0.1, 0.15) is 0 Å². The summed E-state index contributed by atoms with van der Waals surface area (Å²) in [5.41, 5.74) is -9.90. The average Bonchev–Trinajstić information content (AvgIpc) is 3.71. The van der Waals surface area contributed by atoms with E-state index in [0.29, 0.717) is 12.1 Å². The van der Waals surface area contributed by atoms with E-state index >= 15 is 0 Å². The molecule has 4 rings (SSSR count). The molecule has 2 amide bonds. The van der Waals surface area contributed by atoms with Gasteiger partial charge in [0.25, 0.3) is 11.8 Å².